The minimum atomic E-state index is -1.04. The maximum Gasteiger partial charge on any atom is 0.309 e. The van der Waals surface area contributed by atoms with Crippen molar-refractivity contribution in [1.29, 1.82) is 0 Å². The lowest BCUT2D eigenvalue weighted by atomic mass is 9.39. The first-order valence-electron chi connectivity index (χ1n) is 8.49. The molecule has 0 aromatic carbocycles. The van der Waals surface area contributed by atoms with Crippen molar-refractivity contribution in [2.24, 2.45) is 22.2 Å². The fraction of sp³-hybridized carbons (Fsp3) is 0.824. The zero-order valence-electron chi connectivity index (χ0n) is 13.8. The molecular formula is C17H25NO5. The average Bonchev–Trinajstić information content (AvgIpc) is 2.46. The van der Waals surface area contributed by atoms with Crippen LogP contribution in [0.25, 0.3) is 0 Å². The third kappa shape index (κ3) is 2.10. The first-order valence-corrected chi connectivity index (χ1v) is 8.49. The highest BCUT2D eigenvalue weighted by atomic mass is 16.4. The molecular weight excluding hydrogens is 298 g/mol. The van der Waals surface area contributed by atoms with E-state index < -0.39 is 28.2 Å². The molecule has 6 heteroatoms. The van der Waals surface area contributed by atoms with Crippen LogP contribution in [0.3, 0.4) is 0 Å². The van der Waals surface area contributed by atoms with Crippen molar-refractivity contribution in [2.75, 3.05) is 13.1 Å². The Balaban J connectivity index is 2.07. The van der Waals surface area contributed by atoms with Gasteiger partial charge in [-0.25, -0.2) is 0 Å². The normalized spacial score (nSPS) is 40.9. The van der Waals surface area contributed by atoms with Gasteiger partial charge in [-0.05, 0) is 58.3 Å². The molecule has 4 saturated carbocycles. The van der Waals surface area contributed by atoms with Crippen LogP contribution in [-0.2, 0) is 14.4 Å². The summed E-state index contributed by atoms with van der Waals surface area (Å²) in [6.07, 6.45) is 2.46. The molecule has 4 aliphatic carbocycles. The molecule has 4 rings (SSSR count). The lowest BCUT2D eigenvalue weighted by Crippen LogP contribution is -2.65. The highest BCUT2D eigenvalue weighted by molar-refractivity contribution is 5.89. The van der Waals surface area contributed by atoms with Crippen LogP contribution in [0.5, 0.6) is 0 Å². The van der Waals surface area contributed by atoms with Crippen LogP contribution in [0.2, 0.25) is 0 Å². The summed E-state index contributed by atoms with van der Waals surface area (Å²) in [7, 11) is 0. The number of carbonyl (C=O) groups excluding carboxylic acids is 1. The minimum absolute atomic E-state index is 0.0259. The van der Waals surface area contributed by atoms with E-state index in [0.717, 1.165) is 0 Å². The maximum atomic E-state index is 13.1. The molecule has 0 saturated heterocycles. The largest absolute Gasteiger partial charge is 0.481 e. The van der Waals surface area contributed by atoms with Gasteiger partial charge in [0.15, 0.2) is 0 Å². The second-order valence-corrected chi connectivity index (χ2v) is 7.94. The Morgan fingerprint density at radius 1 is 0.870 bits per heavy atom. The number of hydrogen-bond acceptors (Lipinski definition) is 3. The maximum absolute atomic E-state index is 13.1. The zero-order valence-corrected chi connectivity index (χ0v) is 13.8. The third-order valence-corrected chi connectivity index (χ3v) is 6.48. The zero-order chi connectivity index (χ0) is 17.0. The van der Waals surface area contributed by atoms with Crippen molar-refractivity contribution >= 4 is 17.8 Å². The molecule has 0 spiro atoms. The molecule has 1 amide bonds. The molecule has 0 heterocycles. The van der Waals surface area contributed by atoms with E-state index in [1.165, 1.54) is 0 Å². The quantitative estimate of drug-likeness (QED) is 0.806. The van der Waals surface area contributed by atoms with Crippen LogP contribution in [-0.4, -0.2) is 46.0 Å². The predicted octanol–water partition coefficient (Wildman–Crippen LogP) is 1.98. The van der Waals surface area contributed by atoms with Gasteiger partial charge in [-0.3, -0.25) is 14.4 Å². The smallest absolute Gasteiger partial charge is 0.309 e. The number of carbonyl (C=O) groups is 3. The van der Waals surface area contributed by atoms with Crippen LogP contribution in [0.1, 0.15) is 52.4 Å². The highest BCUT2D eigenvalue weighted by Gasteiger charge is 2.70. The molecule has 2 N–H and O–H groups in total. The molecule has 4 fully saturated rings. The van der Waals surface area contributed by atoms with E-state index in [1.807, 2.05) is 13.8 Å². The van der Waals surface area contributed by atoms with Crippen molar-refractivity contribution in [3.63, 3.8) is 0 Å². The monoisotopic (exact) mass is 323 g/mol. The molecule has 6 nitrogen and oxygen atoms in total. The molecule has 0 aromatic heterocycles. The first kappa shape index (κ1) is 16.3. The summed E-state index contributed by atoms with van der Waals surface area (Å²) in [6.45, 7) is 4.95. The molecule has 23 heavy (non-hydrogen) atoms. The number of nitrogens with zero attached hydrogens (tertiary/aromatic N) is 1. The van der Waals surface area contributed by atoms with Gasteiger partial charge in [-0.15, -0.1) is 0 Å². The summed E-state index contributed by atoms with van der Waals surface area (Å²) in [4.78, 5) is 38.8. The Morgan fingerprint density at radius 2 is 1.26 bits per heavy atom. The number of hydrogen-bond donors (Lipinski definition) is 2. The number of rotatable bonds is 5. The molecule has 4 aliphatic rings. The second kappa shape index (κ2) is 4.95. The molecule has 0 radical (unpaired) electrons. The van der Waals surface area contributed by atoms with Gasteiger partial charge in [-0.2, -0.15) is 0 Å². The van der Waals surface area contributed by atoms with Crippen molar-refractivity contribution in [2.45, 2.75) is 52.4 Å². The molecule has 2 unspecified atom stereocenters. The number of amides is 1. The Morgan fingerprint density at radius 3 is 1.65 bits per heavy atom. The fourth-order valence-electron chi connectivity index (χ4n) is 6.00. The van der Waals surface area contributed by atoms with Crippen LogP contribution in [0.15, 0.2) is 0 Å². The Labute approximate surface area is 135 Å². The summed E-state index contributed by atoms with van der Waals surface area (Å²) in [5, 5.41) is 19.6. The van der Waals surface area contributed by atoms with Crippen molar-refractivity contribution in [3.8, 4) is 0 Å². The second-order valence-electron chi connectivity index (χ2n) is 7.94. The van der Waals surface area contributed by atoms with Crippen LogP contribution in [0, 0.1) is 22.2 Å². The summed E-state index contributed by atoms with van der Waals surface area (Å²) in [5.41, 5.74) is -2.89. The van der Waals surface area contributed by atoms with Gasteiger partial charge in [-0.1, -0.05) is 0 Å². The van der Waals surface area contributed by atoms with Crippen LogP contribution < -0.4 is 0 Å². The van der Waals surface area contributed by atoms with Crippen molar-refractivity contribution < 1.29 is 24.6 Å². The van der Waals surface area contributed by atoms with Gasteiger partial charge in [0.1, 0.15) is 0 Å². The number of carboxylic acid groups (broad SMARTS) is 2. The third-order valence-electron chi connectivity index (χ3n) is 6.48. The van der Waals surface area contributed by atoms with Crippen molar-refractivity contribution in [3.05, 3.63) is 0 Å². The molecule has 128 valence electrons. The SMILES string of the molecule is CCN(CC)C(=O)C12CC3CC(C(=O)O)(CC(C(=O)O)(C3)C1)C2. The summed E-state index contributed by atoms with van der Waals surface area (Å²) in [6, 6.07) is 0. The van der Waals surface area contributed by atoms with Gasteiger partial charge in [0.05, 0.1) is 16.2 Å². The highest BCUT2D eigenvalue weighted by Crippen LogP contribution is 2.70. The lowest BCUT2D eigenvalue weighted by Gasteiger charge is -2.63. The van der Waals surface area contributed by atoms with E-state index >= 15 is 0 Å². The molecule has 0 aliphatic heterocycles. The first-order chi connectivity index (χ1) is 10.7. The predicted molar refractivity (Wildman–Crippen MR) is 81.7 cm³/mol. The molecule has 2 atom stereocenters. The van der Waals surface area contributed by atoms with Crippen LogP contribution >= 0.6 is 0 Å². The molecule has 4 bridgehead atoms. The number of carboxylic acids is 2. The van der Waals surface area contributed by atoms with E-state index in [4.69, 9.17) is 0 Å². The van der Waals surface area contributed by atoms with E-state index in [-0.39, 0.29) is 18.2 Å². The van der Waals surface area contributed by atoms with E-state index in [0.29, 0.717) is 45.2 Å². The standard InChI is InChI=1S/C17H25NO5/c1-3-18(4-2)12(19)15-5-11-6-16(8-15,13(20)21)10-17(7-11,9-15)14(22)23/h11H,3-10H2,1-2H3,(H,20,21)(H,22,23). The van der Waals surface area contributed by atoms with Gasteiger partial charge in [0.2, 0.25) is 5.91 Å². The van der Waals surface area contributed by atoms with E-state index in [9.17, 15) is 24.6 Å². The molecule has 0 aromatic rings. The Bertz CT molecular complexity index is 537. The van der Waals surface area contributed by atoms with E-state index in [2.05, 4.69) is 0 Å². The van der Waals surface area contributed by atoms with Gasteiger partial charge in [0, 0.05) is 13.1 Å². The Hall–Kier alpha value is -1.59. The minimum Gasteiger partial charge on any atom is -0.481 e. The Kier molecular flexibility index (Phi) is 3.50. The summed E-state index contributed by atoms with van der Waals surface area (Å²) >= 11 is 0. The van der Waals surface area contributed by atoms with Crippen molar-refractivity contribution in [1.82, 2.24) is 4.90 Å². The summed E-state index contributed by atoms with van der Waals surface area (Å²) < 4.78 is 0. The fourth-order valence-corrected chi connectivity index (χ4v) is 6.00. The van der Waals surface area contributed by atoms with E-state index in [1.54, 1.807) is 4.90 Å². The van der Waals surface area contributed by atoms with Gasteiger partial charge < -0.3 is 15.1 Å². The topological polar surface area (TPSA) is 94.9 Å². The lowest BCUT2D eigenvalue weighted by molar-refractivity contribution is -0.206. The van der Waals surface area contributed by atoms with Crippen LogP contribution in [0.4, 0.5) is 0 Å². The average molecular weight is 323 g/mol. The summed E-state index contributed by atoms with van der Waals surface area (Å²) in [5.74, 6) is -1.87. The number of aliphatic carboxylic acids is 2. The van der Waals surface area contributed by atoms with Gasteiger partial charge >= 0.3 is 11.9 Å². The van der Waals surface area contributed by atoms with Gasteiger partial charge in [0.25, 0.3) is 0 Å².